The van der Waals surface area contributed by atoms with Gasteiger partial charge in [-0.3, -0.25) is 9.59 Å². The lowest BCUT2D eigenvalue weighted by molar-refractivity contribution is -0.132. The Bertz CT molecular complexity index is 1360. The molecule has 2 amide bonds. The molecule has 6 nitrogen and oxygen atoms in total. The van der Waals surface area contributed by atoms with Crippen LogP contribution in [0.1, 0.15) is 72.3 Å². The quantitative estimate of drug-likeness (QED) is 0.305. The minimum atomic E-state index is -0.191. The zero-order chi connectivity index (χ0) is 27.9. The maximum atomic E-state index is 13.5. The van der Waals surface area contributed by atoms with Crippen molar-refractivity contribution in [2.75, 3.05) is 7.11 Å². The molecule has 40 heavy (non-hydrogen) atoms. The number of carbonyl (C=O) groups is 2. The van der Waals surface area contributed by atoms with E-state index in [-0.39, 0.29) is 17.7 Å². The molecule has 1 aliphatic heterocycles. The zero-order valence-corrected chi connectivity index (χ0v) is 23.1. The van der Waals surface area contributed by atoms with Gasteiger partial charge in [-0.05, 0) is 41.0 Å². The number of rotatable bonds is 10. The van der Waals surface area contributed by atoms with Crippen LogP contribution < -0.4 is 5.32 Å². The summed E-state index contributed by atoms with van der Waals surface area (Å²) in [6.45, 7) is 4.78. The van der Waals surface area contributed by atoms with Crippen molar-refractivity contribution in [1.82, 2.24) is 10.3 Å². The molecule has 3 aromatic carbocycles. The second-order valence-electron chi connectivity index (χ2n) is 10.7. The second kappa shape index (κ2) is 12.8. The Labute approximate surface area is 236 Å². The molecule has 2 aliphatic rings. The SMILES string of the molecule is C=C(OC)c1ccc(CNC(=O)C(c2ccc(CN3N=C(c4ccccc4)CCC3=O)cc2)C2CCCC2)cc1. The van der Waals surface area contributed by atoms with Crippen LogP contribution in [-0.2, 0) is 27.4 Å². The van der Waals surface area contributed by atoms with Gasteiger partial charge in [0.25, 0.3) is 0 Å². The van der Waals surface area contributed by atoms with Crippen molar-refractivity contribution >= 4 is 23.3 Å². The maximum Gasteiger partial charge on any atom is 0.243 e. The van der Waals surface area contributed by atoms with E-state index < -0.39 is 0 Å². The van der Waals surface area contributed by atoms with Gasteiger partial charge in [-0.15, -0.1) is 0 Å². The normalized spacial score (nSPS) is 16.4. The van der Waals surface area contributed by atoms with Crippen LogP contribution in [0.15, 0.2) is 90.5 Å². The lowest BCUT2D eigenvalue weighted by Crippen LogP contribution is -2.33. The molecule has 1 N–H and O–H groups in total. The molecular weight excluding hydrogens is 498 g/mol. The van der Waals surface area contributed by atoms with Gasteiger partial charge in [0.1, 0.15) is 5.76 Å². The van der Waals surface area contributed by atoms with Crippen LogP contribution in [0.4, 0.5) is 0 Å². The monoisotopic (exact) mass is 535 g/mol. The number of methoxy groups -OCH3 is 1. The maximum absolute atomic E-state index is 13.5. The van der Waals surface area contributed by atoms with Gasteiger partial charge in [0, 0.05) is 24.9 Å². The summed E-state index contributed by atoms with van der Waals surface area (Å²) in [6.07, 6.45) is 5.56. The van der Waals surface area contributed by atoms with Crippen molar-refractivity contribution in [3.05, 3.63) is 113 Å². The first-order valence-corrected chi connectivity index (χ1v) is 14.1. The summed E-state index contributed by atoms with van der Waals surface area (Å²) in [5, 5.41) is 9.43. The van der Waals surface area contributed by atoms with Crippen LogP contribution in [0.2, 0.25) is 0 Å². The largest absolute Gasteiger partial charge is 0.497 e. The number of amides is 2. The highest BCUT2D eigenvalue weighted by Gasteiger charge is 2.32. The number of ether oxygens (including phenoxy) is 1. The fourth-order valence-electron chi connectivity index (χ4n) is 5.72. The van der Waals surface area contributed by atoms with Crippen LogP contribution in [0.5, 0.6) is 0 Å². The third-order valence-electron chi connectivity index (χ3n) is 8.03. The fraction of sp³-hybridized carbons (Fsp3) is 0.324. The third-order valence-corrected chi connectivity index (χ3v) is 8.03. The Balaban J connectivity index is 1.27. The van der Waals surface area contributed by atoms with Crippen molar-refractivity contribution < 1.29 is 14.3 Å². The van der Waals surface area contributed by atoms with Crippen LogP contribution in [-0.4, -0.2) is 29.6 Å². The Morgan fingerprint density at radius 1 is 0.975 bits per heavy atom. The van der Waals surface area contributed by atoms with E-state index in [9.17, 15) is 9.59 Å². The molecule has 1 atom stereocenters. The number of hydrazone groups is 1. The molecule has 0 spiro atoms. The molecule has 0 saturated heterocycles. The average molecular weight is 536 g/mol. The van der Waals surface area contributed by atoms with Crippen LogP contribution in [0, 0.1) is 5.92 Å². The number of hydrogen-bond donors (Lipinski definition) is 1. The molecule has 1 heterocycles. The molecule has 1 unspecified atom stereocenters. The smallest absolute Gasteiger partial charge is 0.243 e. The minimum absolute atomic E-state index is 0.0338. The summed E-state index contributed by atoms with van der Waals surface area (Å²) < 4.78 is 5.20. The van der Waals surface area contributed by atoms with Crippen molar-refractivity contribution in [2.24, 2.45) is 11.0 Å². The standard InChI is InChI=1S/C34H37N3O3/c1-24(40-2)27-16-12-25(13-17-27)22-35-34(39)33(29-10-6-7-11-29)30-18-14-26(15-19-30)23-37-32(38)21-20-31(36-37)28-8-4-3-5-9-28/h3-5,8-9,12-19,29,33H,1,6-7,10-11,20-23H2,2H3,(H,35,39). The molecule has 5 rings (SSSR count). The van der Waals surface area contributed by atoms with Gasteiger partial charge in [-0.25, -0.2) is 5.01 Å². The Morgan fingerprint density at radius 2 is 1.65 bits per heavy atom. The predicted molar refractivity (Wildman–Crippen MR) is 158 cm³/mol. The molecule has 1 saturated carbocycles. The molecule has 206 valence electrons. The lowest BCUT2D eigenvalue weighted by atomic mass is 9.83. The van der Waals surface area contributed by atoms with Gasteiger partial charge in [0.2, 0.25) is 11.8 Å². The second-order valence-corrected chi connectivity index (χ2v) is 10.7. The highest BCUT2D eigenvalue weighted by molar-refractivity contribution is 6.04. The molecule has 3 aromatic rings. The number of nitrogens with zero attached hydrogens (tertiary/aromatic N) is 2. The van der Waals surface area contributed by atoms with E-state index in [1.807, 2.05) is 66.7 Å². The van der Waals surface area contributed by atoms with Gasteiger partial charge in [-0.1, -0.05) is 98.3 Å². The first-order valence-electron chi connectivity index (χ1n) is 14.1. The number of carbonyl (C=O) groups excluding carboxylic acids is 2. The molecule has 6 heteroatoms. The van der Waals surface area contributed by atoms with E-state index in [1.54, 1.807) is 12.1 Å². The van der Waals surface area contributed by atoms with E-state index in [4.69, 9.17) is 4.74 Å². The highest BCUT2D eigenvalue weighted by atomic mass is 16.5. The minimum Gasteiger partial charge on any atom is -0.497 e. The summed E-state index contributed by atoms with van der Waals surface area (Å²) in [5.41, 5.74) is 5.97. The predicted octanol–water partition coefficient (Wildman–Crippen LogP) is 6.42. The van der Waals surface area contributed by atoms with Crippen LogP contribution in [0.3, 0.4) is 0 Å². The van der Waals surface area contributed by atoms with E-state index in [0.717, 1.165) is 59.2 Å². The fourth-order valence-corrected chi connectivity index (χ4v) is 5.72. The molecule has 1 aliphatic carbocycles. The van der Waals surface area contributed by atoms with Crippen molar-refractivity contribution in [1.29, 1.82) is 0 Å². The summed E-state index contributed by atoms with van der Waals surface area (Å²) in [5.74, 6) is 0.858. The Hall–Kier alpha value is -4.19. The van der Waals surface area contributed by atoms with E-state index in [0.29, 0.717) is 37.6 Å². The number of hydrogen-bond acceptors (Lipinski definition) is 4. The zero-order valence-electron chi connectivity index (χ0n) is 23.1. The molecule has 1 fully saturated rings. The Morgan fingerprint density at radius 3 is 2.33 bits per heavy atom. The average Bonchev–Trinajstić information content (AvgIpc) is 3.53. The first kappa shape index (κ1) is 27.4. The van der Waals surface area contributed by atoms with E-state index in [1.165, 1.54) is 0 Å². The van der Waals surface area contributed by atoms with Crippen molar-refractivity contribution in [3.8, 4) is 0 Å². The summed E-state index contributed by atoms with van der Waals surface area (Å²) in [7, 11) is 1.61. The van der Waals surface area contributed by atoms with Gasteiger partial charge in [-0.2, -0.15) is 5.10 Å². The highest BCUT2D eigenvalue weighted by Crippen LogP contribution is 2.38. The van der Waals surface area contributed by atoms with Gasteiger partial charge in [0.05, 0.1) is 25.3 Å². The van der Waals surface area contributed by atoms with Crippen molar-refractivity contribution in [2.45, 2.75) is 57.5 Å². The van der Waals surface area contributed by atoms with Crippen molar-refractivity contribution in [3.63, 3.8) is 0 Å². The van der Waals surface area contributed by atoms with E-state index >= 15 is 0 Å². The van der Waals surface area contributed by atoms with Gasteiger partial charge < -0.3 is 10.1 Å². The summed E-state index contributed by atoms with van der Waals surface area (Å²) in [6, 6.07) is 26.1. The van der Waals surface area contributed by atoms with Crippen LogP contribution in [0.25, 0.3) is 5.76 Å². The van der Waals surface area contributed by atoms with Gasteiger partial charge >= 0.3 is 0 Å². The third kappa shape index (κ3) is 6.50. The first-order chi connectivity index (χ1) is 19.5. The van der Waals surface area contributed by atoms with E-state index in [2.05, 4.69) is 29.1 Å². The van der Waals surface area contributed by atoms with Crippen LogP contribution >= 0.6 is 0 Å². The Kier molecular flexibility index (Phi) is 8.74. The summed E-state index contributed by atoms with van der Waals surface area (Å²) in [4.78, 5) is 26.2. The topological polar surface area (TPSA) is 71.0 Å². The molecule has 0 bridgehead atoms. The van der Waals surface area contributed by atoms with Gasteiger partial charge in [0.15, 0.2) is 0 Å². The number of nitrogens with one attached hydrogen (secondary N) is 1. The molecular formula is C34H37N3O3. The molecule has 0 radical (unpaired) electrons. The summed E-state index contributed by atoms with van der Waals surface area (Å²) >= 11 is 0. The molecule has 0 aromatic heterocycles. The lowest BCUT2D eigenvalue weighted by Gasteiger charge is -2.25. The number of benzene rings is 3.